The number of esters is 4. The third kappa shape index (κ3) is 14.5. The Hall–Kier alpha value is -3.40. The van der Waals surface area contributed by atoms with Gasteiger partial charge in [-0.05, 0) is 27.7 Å². The SMILES string of the molecule is C=C(C)C(=O)OCC(CO)(COCC(COCC(CO)(CO)CO)(COC(=O)C(=C)C)COC(=O)C(=C)C)COC(=O)C(=C)C. The normalized spacial score (nSPS) is 11.7. The van der Waals surface area contributed by atoms with Gasteiger partial charge in [0.05, 0.1) is 69.1 Å². The van der Waals surface area contributed by atoms with Gasteiger partial charge in [-0.3, -0.25) is 0 Å². The molecule has 0 aromatic rings. The third-order valence-corrected chi connectivity index (χ3v) is 6.41. The third-order valence-electron chi connectivity index (χ3n) is 6.41. The lowest BCUT2D eigenvalue weighted by molar-refractivity contribution is -0.168. The van der Waals surface area contributed by atoms with Crippen molar-refractivity contribution in [2.24, 2.45) is 16.2 Å². The molecule has 0 saturated carbocycles. The lowest BCUT2D eigenvalue weighted by Crippen LogP contribution is -2.47. The van der Waals surface area contributed by atoms with Crippen molar-refractivity contribution in [1.29, 1.82) is 0 Å². The molecule has 0 aromatic heterocycles. The van der Waals surface area contributed by atoms with Crippen LogP contribution in [0.1, 0.15) is 27.7 Å². The number of carbonyl (C=O) groups excluding carboxylic acids is 4. The molecule has 0 aliphatic heterocycles. The molecule has 0 spiro atoms. The summed E-state index contributed by atoms with van der Waals surface area (Å²) in [6.45, 7) is 14.0. The first-order valence-corrected chi connectivity index (χ1v) is 13.9. The first-order valence-electron chi connectivity index (χ1n) is 13.9. The number of rotatable bonds is 24. The van der Waals surface area contributed by atoms with E-state index >= 15 is 0 Å². The van der Waals surface area contributed by atoms with E-state index in [0.717, 1.165) is 0 Å². The van der Waals surface area contributed by atoms with Gasteiger partial charge in [0, 0.05) is 22.3 Å². The predicted molar refractivity (Wildman–Crippen MR) is 160 cm³/mol. The minimum atomic E-state index is -1.48. The van der Waals surface area contributed by atoms with Crippen molar-refractivity contribution < 1.29 is 68.0 Å². The van der Waals surface area contributed by atoms with Gasteiger partial charge in [0.1, 0.15) is 26.4 Å². The zero-order chi connectivity index (χ0) is 34.8. The summed E-state index contributed by atoms with van der Waals surface area (Å²) >= 11 is 0. The van der Waals surface area contributed by atoms with E-state index in [4.69, 9.17) is 28.4 Å². The Balaban J connectivity index is 6.39. The number of aliphatic hydroxyl groups excluding tert-OH is 4. The first kappa shape index (κ1) is 41.6. The van der Waals surface area contributed by atoms with E-state index in [0.29, 0.717) is 0 Å². The lowest BCUT2D eigenvalue weighted by Gasteiger charge is -2.36. The van der Waals surface area contributed by atoms with Crippen LogP contribution in [0.2, 0.25) is 0 Å². The van der Waals surface area contributed by atoms with E-state index in [9.17, 15) is 39.6 Å². The Morgan fingerprint density at radius 1 is 0.422 bits per heavy atom. The van der Waals surface area contributed by atoms with Crippen molar-refractivity contribution in [1.82, 2.24) is 0 Å². The van der Waals surface area contributed by atoms with E-state index in [1.54, 1.807) is 0 Å². The Labute approximate surface area is 263 Å². The van der Waals surface area contributed by atoms with Crippen molar-refractivity contribution in [3.8, 4) is 0 Å². The fraction of sp³-hybridized carbons (Fsp3) is 0.613. The first-order chi connectivity index (χ1) is 21.0. The fourth-order valence-corrected chi connectivity index (χ4v) is 3.13. The zero-order valence-electron chi connectivity index (χ0n) is 26.7. The second-order valence-electron chi connectivity index (χ2n) is 11.5. The van der Waals surface area contributed by atoms with Gasteiger partial charge in [0.25, 0.3) is 0 Å². The van der Waals surface area contributed by atoms with Crippen molar-refractivity contribution in [2.75, 3.05) is 79.3 Å². The number of hydrogen-bond donors (Lipinski definition) is 4. The zero-order valence-corrected chi connectivity index (χ0v) is 26.7. The molecule has 0 bridgehead atoms. The number of ether oxygens (including phenoxy) is 6. The summed E-state index contributed by atoms with van der Waals surface area (Å²) in [5.41, 5.74) is -4.04. The van der Waals surface area contributed by atoms with Crippen LogP contribution < -0.4 is 0 Å². The molecule has 0 unspecified atom stereocenters. The summed E-state index contributed by atoms with van der Waals surface area (Å²) in [6.07, 6.45) is 0. The Morgan fingerprint density at radius 2 is 0.644 bits per heavy atom. The second-order valence-corrected chi connectivity index (χ2v) is 11.5. The van der Waals surface area contributed by atoms with E-state index in [-0.39, 0.29) is 42.1 Å². The minimum absolute atomic E-state index is 0.0717. The number of carbonyl (C=O) groups is 4. The molecule has 0 rings (SSSR count). The molecule has 0 atom stereocenters. The molecule has 45 heavy (non-hydrogen) atoms. The molecule has 0 saturated heterocycles. The topological polar surface area (TPSA) is 205 Å². The van der Waals surface area contributed by atoms with E-state index in [1.165, 1.54) is 27.7 Å². The van der Waals surface area contributed by atoms with Crippen LogP contribution in [0.4, 0.5) is 0 Å². The molecule has 0 aromatic carbocycles. The monoisotopic (exact) mass is 644 g/mol. The van der Waals surface area contributed by atoms with E-state index < -0.39 is 99.6 Å². The standard InChI is InChI=1S/C31H48O14/c1-21(2)25(36)42-17-30(12-35,18-43-26(37)22(3)4)14-41-16-31(19-44-27(38)23(5)6,20-45-28(39)24(7)8)15-40-13-29(9-32,10-33)11-34/h32-35H,1,3,5,7,9-20H2,2,4,6,8H3. The highest BCUT2D eigenvalue weighted by Crippen LogP contribution is 2.27. The van der Waals surface area contributed by atoms with Gasteiger partial charge >= 0.3 is 23.9 Å². The van der Waals surface area contributed by atoms with Crippen molar-refractivity contribution in [2.45, 2.75) is 27.7 Å². The molecule has 0 amide bonds. The van der Waals surface area contributed by atoms with Crippen LogP contribution in [0, 0.1) is 16.2 Å². The van der Waals surface area contributed by atoms with Crippen molar-refractivity contribution >= 4 is 23.9 Å². The number of aliphatic hydroxyl groups is 4. The molecule has 0 radical (unpaired) electrons. The summed E-state index contributed by atoms with van der Waals surface area (Å²) in [5, 5.41) is 39.4. The second kappa shape index (κ2) is 19.9. The minimum Gasteiger partial charge on any atom is -0.461 e. The molecule has 0 heterocycles. The summed E-state index contributed by atoms with van der Waals surface area (Å²) in [7, 11) is 0. The fourth-order valence-electron chi connectivity index (χ4n) is 3.13. The largest absolute Gasteiger partial charge is 0.461 e. The Kier molecular flexibility index (Phi) is 18.4. The molecule has 0 fully saturated rings. The predicted octanol–water partition coefficient (Wildman–Crippen LogP) is 0.425. The van der Waals surface area contributed by atoms with Gasteiger partial charge in [-0.2, -0.15) is 0 Å². The summed E-state index contributed by atoms with van der Waals surface area (Å²) < 4.78 is 32.9. The molecule has 4 N–H and O–H groups in total. The van der Waals surface area contributed by atoms with Gasteiger partial charge in [-0.15, -0.1) is 0 Å². The van der Waals surface area contributed by atoms with Gasteiger partial charge in [-0.25, -0.2) is 19.2 Å². The molecule has 256 valence electrons. The van der Waals surface area contributed by atoms with Crippen LogP contribution in [-0.4, -0.2) is 124 Å². The number of hydrogen-bond acceptors (Lipinski definition) is 14. The Morgan fingerprint density at radius 3 is 0.889 bits per heavy atom. The van der Waals surface area contributed by atoms with Crippen LogP contribution in [0.15, 0.2) is 48.6 Å². The van der Waals surface area contributed by atoms with Crippen molar-refractivity contribution in [3.63, 3.8) is 0 Å². The average Bonchev–Trinajstić information content (AvgIpc) is 3.01. The average molecular weight is 645 g/mol. The maximum Gasteiger partial charge on any atom is 0.333 e. The molecular weight excluding hydrogens is 596 g/mol. The highest BCUT2D eigenvalue weighted by Gasteiger charge is 2.40. The molecule has 0 aliphatic rings. The molecule has 14 nitrogen and oxygen atoms in total. The molecular formula is C31H48O14. The summed E-state index contributed by atoms with van der Waals surface area (Å²) in [6, 6.07) is 0. The summed E-state index contributed by atoms with van der Waals surface area (Å²) in [4.78, 5) is 48.9. The van der Waals surface area contributed by atoms with Crippen LogP contribution in [0.3, 0.4) is 0 Å². The summed E-state index contributed by atoms with van der Waals surface area (Å²) in [5.74, 6) is -3.08. The quantitative estimate of drug-likeness (QED) is 0.0639. The highest BCUT2D eigenvalue weighted by atomic mass is 16.6. The van der Waals surface area contributed by atoms with Gasteiger partial charge < -0.3 is 48.8 Å². The van der Waals surface area contributed by atoms with Gasteiger partial charge in [-0.1, -0.05) is 26.3 Å². The molecule has 14 heteroatoms. The van der Waals surface area contributed by atoms with Crippen LogP contribution in [-0.2, 0) is 47.6 Å². The van der Waals surface area contributed by atoms with Gasteiger partial charge in [0.2, 0.25) is 0 Å². The van der Waals surface area contributed by atoms with Crippen molar-refractivity contribution in [3.05, 3.63) is 48.6 Å². The Bertz CT molecular complexity index is 1000. The van der Waals surface area contributed by atoms with E-state index in [2.05, 4.69) is 26.3 Å². The van der Waals surface area contributed by atoms with Crippen LogP contribution in [0.25, 0.3) is 0 Å². The maximum absolute atomic E-state index is 12.3. The van der Waals surface area contributed by atoms with E-state index in [1.807, 2.05) is 0 Å². The maximum atomic E-state index is 12.3. The smallest absolute Gasteiger partial charge is 0.333 e. The van der Waals surface area contributed by atoms with Crippen LogP contribution >= 0.6 is 0 Å². The van der Waals surface area contributed by atoms with Gasteiger partial charge in [0.15, 0.2) is 0 Å². The highest BCUT2D eigenvalue weighted by molar-refractivity contribution is 5.88. The van der Waals surface area contributed by atoms with Crippen LogP contribution in [0.5, 0.6) is 0 Å². The molecule has 0 aliphatic carbocycles. The lowest BCUT2D eigenvalue weighted by atomic mass is 9.89.